The lowest BCUT2D eigenvalue weighted by Gasteiger charge is -2.29. The smallest absolute Gasteiger partial charge is 0.256 e. The largest absolute Gasteiger partial charge is 0.320 e. The second-order valence-electron chi connectivity index (χ2n) is 2.98. The minimum absolute atomic E-state index is 0.132. The Morgan fingerprint density at radius 2 is 1.90 bits per heavy atom. The number of hydrogen-bond donors (Lipinski definition) is 1. The lowest BCUT2D eigenvalue weighted by Crippen LogP contribution is -2.49. The van der Waals surface area contributed by atoms with Crippen LogP contribution in [0.4, 0.5) is 8.78 Å². The summed E-state index contributed by atoms with van der Waals surface area (Å²) in [5.41, 5.74) is 4.04. The Morgan fingerprint density at radius 3 is 2.00 bits per heavy atom. The van der Waals surface area contributed by atoms with E-state index in [9.17, 15) is 8.78 Å². The molecule has 0 aromatic carbocycles. The average Bonchev–Trinajstić information content (AvgIpc) is 1.86. The second kappa shape index (κ2) is 3.28. The van der Waals surface area contributed by atoms with Crippen molar-refractivity contribution in [3.05, 3.63) is 0 Å². The molecule has 0 saturated heterocycles. The van der Waals surface area contributed by atoms with Crippen LogP contribution in [0, 0.1) is 5.92 Å². The summed E-state index contributed by atoms with van der Waals surface area (Å²) >= 11 is 0. The first-order valence-corrected chi connectivity index (χ1v) is 3.50. The van der Waals surface area contributed by atoms with Gasteiger partial charge in [0.15, 0.2) is 0 Å². The standard InChI is InChI=1S/C7H15F2N/c1-4-5(2)7(3,10)6(8)9/h5-6H,4,10H2,1-3H3. The first-order valence-electron chi connectivity index (χ1n) is 3.50. The third-order valence-corrected chi connectivity index (χ3v) is 2.14. The van der Waals surface area contributed by atoms with E-state index in [0.717, 1.165) is 0 Å². The number of halogens is 2. The molecule has 0 amide bonds. The van der Waals surface area contributed by atoms with Crippen molar-refractivity contribution in [3.8, 4) is 0 Å². The molecule has 3 heteroatoms. The van der Waals surface area contributed by atoms with E-state index in [1.807, 2.05) is 6.92 Å². The van der Waals surface area contributed by atoms with Crippen LogP contribution in [-0.2, 0) is 0 Å². The van der Waals surface area contributed by atoms with Crippen molar-refractivity contribution in [2.24, 2.45) is 11.7 Å². The molecule has 0 fully saturated rings. The van der Waals surface area contributed by atoms with E-state index in [4.69, 9.17) is 5.73 Å². The molecule has 1 nitrogen and oxygen atoms in total. The predicted molar refractivity (Wildman–Crippen MR) is 38.1 cm³/mol. The van der Waals surface area contributed by atoms with Gasteiger partial charge >= 0.3 is 0 Å². The van der Waals surface area contributed by atoms with E-state index in [0.29, 0.717) is 6.42 Å². The van der Waals surface area contributed by atoms with Gasteiger partial charge in [-0.3, -0.25) is 0 Å². The minimum Gasteiger partial charge on any atom is -0.320 e. The van der Waals surface area contributed by atoms with Crippen LogP contribution in [0.3, 0.4) is 0 Å². The summed E-state index contributed by atoms with van der Waals surface area (Å²) in [6, 6.07) is 0. The third kappa shape index (κ3) is 1.90. The van der Waals surface area contributed by atoms with Crippen molar-refractivity contribution in [2.45, 2.75) is 39.2 Å². The molecule has 0 spiro atoms. The summed E-state index contributed by atoms with van der Waals surface area (Å²) in [6.45, 7) is 5.00. The van der Waals surface area contributed by atoms with Gasteiger partial charge in [0.05, 0.1) is 5.54 Å². The molecular weight excluding hydrogens is 136 g/mol. The van der Waals surface area contributed by atoms with Crippen LogP contribution in [0.25, 0.3) is 0 Å². The van der Waals surface area contributed by atoms with Crippen LogP contribution >= 0.6 is 0 Å². The van der Waals surface area contributed by atoms with Gasteiger partial charge in [0.2, 0.25) is 0 Å². The van der Waals surface area contributed by atoms with Crippen molar-refractivity contribution in [3.63, 3.8) is 0 Å². The maximum Gasteiger partial charge on any atom is 0.256 e. The second-order valence-corrected chi connectivity index (χ2v) is 2.98. The van der Waals surface area contributed by atoms with Gasteiger partial charge in [-0.1, -0.05) is 20.3 Å². The summed E-state index contributed by atoms with van der Waals surface area (Å²) in [6.07, 6.45) is -1.74. The van der Waals surface area contributed by atoms with Gasteiger partial charge in [-0.25, -0.2) is 8.78 Å². The highest BCUT2D eigenvalue weighted by atomic mass is 19.3. The third-order valence-electron chi connectivity index (χ3n) is 2.14. The van der Waals surface area contributed by atoms with Crippen LogP contribution in [0.1, 0.15) is 27.2 Å². The Hall–Kier alpha value is -0.180. The lowest BCUT2D eigenvalue weighted by atomic mass is 9.87. The van der Waals surface area contributed by atoms with Gasteiger partial charge in [0.1, 0.15) is 0 Å². The van der Waals surface area contributed by atoms with Gasteiger partial charge in [-0.2, -0.15) is 0 Å². The Balaban J connectivity index is 4.09. The molecule has 0 bridgehead atoms. The quantitative estimate of drug-likeness (QED) is 0.656. The summed E-state index contributed by atoms with van der Waals surface area (Å²) in [5, 5.41) is 0. The average molecular weight is 151 g/mol. The maximum absolute atomic E-state index is 12.1. The monoisotopic (exact) mass is 151 g/mol. The van der Waals surface area contributed by atoms with Crippen molar-refractivity contribution in [2.75, 3.05) is 0 Å². The zero-order chi connectivity index (χ0) is 8.36. The molecule has 2 atom stereocenters. The van der Waals surface area contributed by atoms with Crippen molar-refractivity contribution in [1.29, 1.82) is 0 Å². The van der Waals surface area contributed by atoms with E-state index >= 15 is 0 Å². The van der Waals surface area contributed by atoms with E-state index < -0.39 is 12.0 Å². The van der Waals surface area contributed by atoms with Crippen LogP contribution in [0.5, 0.6) is 0 Å². The summed E-state index contributed by atoms with van der Waals surface area (Å²) < 4.78 is 24.2. The minimum atomic E-state index is -2.43. The van der Waals surface area contributed by atoms with Crippen molar-refractivity contribution < 1.29 is 8.78 Å². The van der Waals surface area contributed by atoms with Gasteiger partial charge in [-0.15, -0.1) is 0 Å². The van der Waals surface area contributed by atoms with Gasteiger partial charge in [-0.05, 0) is 12.8 Å². The van der Waals surface area contributed by atoms with Crippen LogP contribution in [0.2, 0.25) is 0 Å². The molecule has 2 N–H and O–H groups in total. The van der Waals surface area contributed by atoms with E-state index in [1.54, 1.807) is 6.92 Å². The topological polar surface area (TPSA) is 26.0 Å². The summed E-state index contributed by atoms with van der Waals surface area (Å²) in [4.78, 5) is 0. The van der Waals surface area contributed by atoms with Crippen LogP contribution < -0.4 is 5.73 Å². The number of nitrogens with two attached hydrogens (primary N) is 1. The van der Waals surface area contributed by atoms with Gasteiger partial charge in [0.25, 0.3) is 6.43 Å². The molecule has 0 radical (unpaired) electrons. The zero-order valence-corrected chi connectivity index (χ0v) is 6.70. The molecule has 10 heavy (non-hydrogen) atoms. The van der Waals surface area contributed by atoms with Crippen LogP contribution in [-0.4, -0.2) is 12.0 Å². The highest BCUT2D eigenvalue weighted by Gasteiger charge is 2.34. The number of rotatable bonds is 3. The molecule has 0 aromatic heterocycles. The maximum atomic E-state index is 12.1. The summed E-state index contributed by atoms with van der Waals surface area (Å²) in [7, 11) is 0. The zero-order valence-electron chi connectivity index (χ0n) is 6.70. The Morgan fingerprint density at radius 1 is 1.50 bits per heavy atom. The fraction of sp³-hybridized carbons (Fsp3) is 1.00. The molecule has 0 aliphatic rings. The Kier molecular flexibility index (Phi) is 3.22. The van der Waals surface area contributed by atoms with E-state index in [1.165, 1.54) is 6.92 Å². The molecule has 62 valence electrons. The summed E-state index contributed by atoms with van der Waals surface area (Å²) in [5.74, 6) is -0.132. The first kappa shape index (κ1) is 9.82. The fourth-order valence-electron chi connectivity index (χ4n) is 0.655. The number of hydrogen-bond acceptors (Lipinski definition) is 1. The SMILES string of the molecule is CCC(C)C(C)(N)C(F)F. The molecule has 0 heterocycles. The molecule has 0 aliphatic heterocycles. The predicted octanol–water partition coefficient (Wildman–Crippen LogP) is 2.01. The van der Waals surface area contributed by atoms with Crippen LogP contribution in [0.15, 0.2) is 0 Å². The molecule has 0 aliphatic carbocycles. The molecule has 2 unspecified atom stereocenters. The van der Waals surface area contributed by atoms with Crippen molar-refractivity contribution >= 4 is 0 Å². The van der Waals surface area contributed by atoms with E-state index in [2.05, 4.69) is 0 Å². The highest BCUT2D eigenvalue weighted by Crippen LogP contribution is 2.23. The number of alkyl halides is 2. The first-order chi connectivity index (χ1) is 4.42. The lowest BCUT2D eigenvalue weighted by molar-refractivity contribution is 0.0322. The van der Waals surface area contributed by atoms with Gasteiger partial charge < -0.3 is 5.73 Å². The molecule has 0 aromatic rings. The van der Waals surface area contributed by atoms with Gasteiger partial charge in [0, 0.05) is 0 Å². The van der Waals surface area contributed by atoms with E-state index in [-0.39, 0.29) is 5.92 Å². The Labute approximate surface area is 60.6 Å². The van der Waals surface area contributed by atoms with Crippen molar-refractivity contribution in [1.82, 2.24) is 0 Å². The fourth-order valence-corrected chi connectivity index (χ4v) is 0.655. The Bertz CT molecular complexity index is 102. The molecule has 0 saturated carbocycles. The normalized spacial score (nSPS) is 20.7. The molecular formula is C7H15F2N. The molecule has 0 rings (SSSR count). The highest BCUT2D eigenvalue weighted by molar-refractivity contribution is 4.86.